The Morgan fingerprint density at radius 2 is 1.93 bits per heavy atom. The first-order chi connectivity index (χ1) is 7.24. The lowest BCUT2D eigenvalue weighted by atomic mass is 9.68. The molecule has 2 aliphatic carbocycles. The molecule has 0 aliphatic heterocycles. The molecule has 0 atom stereocenters. The van der Waals surface area contributed by atoms with Gasteiger partial charge in [0.25, 0.3) is 0 Å². The Labute approximate surface area is 94.5 Å². The van der Waals surface area contributed by atoms with Gasteiger partial charge in [-0.1, -0.05) is 56.4 Å². The van der Waals surface area contributed by atoms with E-state index in [0.29, 0.717) is 5.41 Å². The summed E-state index contributed by atoms with van der Waals surface area (Å²) < 4.78 is 0. The van der Waals surface area contributed by atoms with E-state index < -0.39 is 0 Å². The highest BCUT2D eigenvalue weighted by Gasteiger charge is 2.30. The Morgan fingerprint density at radius 3 is 2.60 bits per heavy atom. The van der Waals surface area contributed by atoms with Crippen LogP contribution in [0.4, 0.5) is 0 Å². The molecule has 0 heteroatoms. The molecule has 84 valence electrons. The second-order valence-electron chi connectivity index (χ2n) is 5.46. The summed E-state index contributed by atoms with van der Waals surface area (Å²) in [5.41, 5.74) is 3.87. The molecule has 0 saturated heterocycles. The first-order valence-electron chi connectivity index (χ1n) is 6.65. The summed E-state index contributed by atoms with van der Waals surface area (Å²) in [4.78, 5) is 0. The van der Waals surface area contributed by atoms with Gasteiger partial charge in [-0.2, -0.15) is 0 Å². The number of hydrogen-bond donors (Lipinski definition) is 0. The third-order valence-electron chi connectivity index (χ3n) is 4.32. The first-order valence-corrected chi connectivity index (χ1v) is 6.65. The van der Waals surface area contributed by atoms with E-state index in [-0.39, 0.29) is 0 Å². The summed E-state index contributed by atoms with van der Waals surface area (Å²) in [6.45, 7) is 4.77. The molecule has 2 rings (SSSR count). The minimum atomic E-state index is 0.549. The fraction of sp³-hybridized carbons (Fsp3) is 0.733. The maximum atomic E-state index is 2.51. The topological polar surface area (TPSA) is 0 Å². The van der Waals surface area contributed by atoms with E-state index >= 15 is 0 Å². The molecule has 0 N–H and O–H groups in total. The van der Waals surface area contributed by atoms with E-state index in [1.807, 2.05) is 0 Å². The van der Waals surface area contributed by atoms with Gasteiger partial charge in [-0.15, -0.1) is 0 Å². The minimum absolute atomic E-state index is 0.549. The summed E-state index contributed by atoms with van der Waals surface area (Å²) >= 11 is 0. The maximum Gasteiger partial charge on any atom is -0.0113 e. The van der Waals surface area contributed by atoms with Crippen LogP contribution < -0.4 is 0 Å². The molecule has 0 spiro atoms. The van der Waals surface area contributed by atoms with Gasteiger partial charge >= 0.3 is 0 Å². The fourth-order valence-electron chi connectivity index (χ4n) is 3.14. The van der Waals surface area contributed by atoms with E-state index in [4.69, 9.17) is 0 Å². The van der Waals surface area contributed by atoms with Gasteiger partial charge < -0.3 is 0 Å². The molecule has 1 fully saturated rings. The van der Waals surface area contributed by atoms with Gasteiger partial charge in [0, 0.05) is 0 Å². The van der Waals surface area contributed by atoms with Gasteiger partial charge in [-0.3, -0.25) is 0 Å². The molecule has 0 nitrogen and oxygen atoms in total. The molecule has 0 aromatic rings. The maximum absolute atomic E-state index is 2.51. The predicted octanol–water partition coefficient (Wildman–Crippen LogP) is 5.01. The lowest BCUT2D eigenvalue weighted by molar-refractivity contribution is 0.259. The Balaban J connectivity index is 2.15. The quantitative estimate of drug-likeness (QED) is 0.593. The van der Waals surface area contributed by atoms with Crippen molar-refractivity contribution in [2.75, 3.05) is 0 Å². The van der Waals surface area contributed by atoms with Crippen LogP contribution in [-0.4, -0.2) is 0 Å². The average Bonchev–Trinajstić information content (AvgIpc) is 2.30. The zero-order valence-electron chi connectivity index (χ0n) is 10.3. The van der Waals surface area contributed by atoms with Crippen LogP contribution >= 0.6 is 0 Å². The van der Waals surface area contributed by atoms with Gasteiger partial charge in [-0.25, -0.2) is 0 Å². The van der Waals surface area contributed by atoms with Gasteiger partial charge in [0.15, 0.2) is 0 Å². The second-order valence-corrected chi connectivity index (χ2v) is 5.46. The van der Waals surface area contributed by atoms with Crippen molar-refractivity contribution < 1.29 is 0 Å². The molecule has 0 aromatic carbocycles. The Hall–Kier alpha value is -0.520. The summed E-state index contributed by atoms with van der Waals surface area (Å²) in [5.74, 6) is 0. The lowest BCUT2D eigenvalue weighted by Crippen LogP contribution is -2.23. The molecular weight excluding hydrogens is 180 g/mol. The SMILES string of the molecule is CCC1=CCCC(C2(C)CCCCC2)=C1. The highest BCUT2D eigenvalue weighted by atomic mass is 14.4. The molecule has 0 heterocycles. The van der Waals surface area contributed by atoms with Crippen LogP contribution in [0.5, 0.6) is 0 Å². The van der Waals surface area contributed by atoms with Crippen molar-refractivity contribution in [1.82, 2.24) is 0 Å². The Morgan fingerprint density at radius 1 is 1.20 bits per heavy atom. The van der Waals surface area contributed by atoms with E-state index in [2.05, 4.69) is 26.0 Å². The van der Waals surface area contributed by atoms with Crippen LogP contribution in [0.15, 0.2) is 23.3 Å². The molecule has 0 amide bonds. The molecular formula is C15H24. The van der Waals surface area contributed by atoms with E-state index in [1.165, 1.54) is 51.4 Å². The lowest BCUT2D eigenvalue weighted by Gasteiger charge is -2.37. The largest absolute Gasteiger partial charge is 0.0810 e. The fourth-order valence-corrected chi connectivity index (χ4v) is 3.14. The van der Waals surface area contributed by atoms with Crippen LogP contribution in [0.1, 0.15) is 65.2 Å². The second kappa shape index (κ2) is 4.55. The molecule has 0 aromatic heterocycles. The molecule has 0 bridgehead atoms. The number of allylic oxidation sites excluding steroid dienone is 4. The smallest absolute Gasteiger partial charge is 0.0113 e. The highest BCUT2D eigenvalue weighted by molar-refractivity contribution is 5.31. The molecule has 0 radical (unpaired) electrons. The molecule has 2 aliphatic rings. The minimum Gasteiger partial charge on any atom is -0.0810 e. The van der Waals surface area contributed by atoms with Crippen LogP contribution in [-0.2, 0) is 0 Å². The summed E-state index contributed by atoms with van der Waals surface area (Å²) in [5, 5.41) is 0. The van der Waals surface area contributed by atoms with Gasteiger partial charge in [0.05, 0.1) is 0 Å². The van der Waals surface area contributed by atoms with E-state index in [0.717, 1.165) is 0 Å². The normalized spacial score (nSPS) is 25.7. The van der Waals surface area contributed by atoms with Crippen molar-refractivity contribution in [1.29, 1.82) is 0 Å². The van der Waals surface area contributed by atoms with Gasteiger partial charge in [-0.05, 0) is 37.5 Å². The number of rotatable bonds is 2. The van der Waals surface area contributed by atoms with Crippen molar-refractivity contribution in [3.8, 4) is 0 Å². The monoisotopic (exact) mass is 204 g/mol. The van der Waals surface area contributed by atoms with Crippen molar-refractivity contribution in [3.63, 3.8) is 0 Å². The van der Waals surface area contributed by atoms with Crippen LogP contribution in [0.3, 0.4) is 0 Å². The van der Waals surface area contributed by atoms with Crippen molar-refractivity contribution in [2.24, 2.45) is 5.41 Å². The third-order valence-corrected chi connectivity index (χ3v) is 4.32. The number of hydrogen-bond acceptors (Lipinski definition) is 0. The average molecular weight is 204 g/mol. The zero-order valence-corrected chi connectivity index (χ0v) is 10.3. The van der Waals surface area contributed by atoms with E-state index in [1.54, 1.807) is 11.1 Å². The zero-order chi connectivity index (χ0) is 10.7. The van der Waals surface area contributed by atoms with Gasteiger partial charge in [0.1, 0.15) is 0 Å². The third kappa shape index (κ3) is 2.35. The van der Waals surface area contributed by atoms with Crippen LogP contribution in [0.2, 0.25) is 0 Å². The summed E-state index contributed by atoms with van der Waals surface area (Å²) in [6.07, 6.45) is 15.9. The van der Waals surface area contributed by atoms with Crippen molar-refractivity contribution >= 4 is 0 Å². The van der Waals surface area contributed by atoms with E-state index in [9.17, 15) is 0 Å². The molecule has 0 unspecified atom stereocenters. The molecule has 1 saturated carbocycles. The molecule has 15 heavy (non-hydrogen) atoms. The van der Waals surface area contributed by atoms with Gasteiger partial charge in [0.2, 0.25) is 0 Å². The Bertz CT molecular complexity index is 274. The first kappa shape index (κ1) is 11.0. The van der Waals surface area contributed by atoms with Crippen LogP contribution in [0, 0.1) is 5.41 Å². The highest BCUT2D eigenvalue weighted by Crippen LogP contribution is 2.45. The summed E-state index contributed by atoms with van der Waals surface area (Å²) in [7, 11) is 0. The summed E-state index contributed by atoms with van der Waals surface area (Å²) in [6, 6.07) is 0. The van der Waals surface area contributed by atoms with Crippen molar-refractivity contribution in [3.05, 3.63) is 23.3 Å². The standard InChI is InChI=1S/C15H24/c1-3-13-8-7-9-14(12-13)15(2)10-5-4-6-11-15/h8,12H,3-7,9-11H2,1-2H3. The van der Waals surface area contributed by atoms with Crippen LogP contribution in [0.25, 0.3) is 0 Å². The Kier molecular flexibility index (Phi) is 3.33. The van der Waals surface area contributed by atoms with Crippen molar-refractivity contribution in [2.45, 2.75) is 65.2 Å². The predicted molar refractivity (Wildman–Crippen MR) is 66.9 cm³/mol.